The molecule has 0 aromatic heterocycles. The van der Waals surface area contributed by atoms with Crippen molar-refractivity contribution < 1.29 is 24.2 Å². The quantitative estimate of drug-likeness (QED) is 0.535. The molecule has 7 nitrogen and oxygen atoms in total. The number of carboxylic acids is 1. The lowest BCUT2D eigenvalue weighted by atomic mass is 9.91. The molecular weight excluding hydrogens is 432 g/mol. The van der Waals surface area contributed by atoms with E-state index < -0.39 is 17.6 Å². The Morgan fingerprint density at radius 1 is 0.971 bits per heavy atom. The fourth-order valence-electron chi connectivity index (χ4n) is 5.28. The molecule has 0 spiro atoms. The molecule has 0 aliphatic heterocycles. The average molecular weight is 465 g/mol. The van der Waals surface area contributed by atoms with Gasteiger partial charge in [-0.3, -0.25) is 4.79 Å². The van der Waals surface area contributed by atoms with Crippen molar-refractivity contribution in [1.29, 1.82) is 0 Å². The molecule has 1 saturated carbocycles. The molecule has 2 aromatic rings. The largest absolute Gasteiger partial charge is 0.480 e. The number of nitrogens with one attached hydrogen (secondary N) is 2. The van der Waals surface area contributed by atoms with Crippen molar-refractivity contribution in [3.8, 4) is 11.1 Å². The third kappa shape index (κ3) is 4.52. The number of carboxylic acid groups (broad SMARTS) is 1. The Bertz CT molecular complexity index is 1030. The smallest absolute Gasteiger partial charge is 0.407 e. The van der Waals surface area contributed by atoms with Gasteiger partial charge in [-0.05, 0) is 54.4 Å². The predicted octanol–water partition coefficient (Wildman–Crippen LogP) is 4.45. The van der Waals surface area contributed by atoms with Crippen LogP contribution in [0.5, 0.6) is 0 Å². The molecule has 0 bridgehead atoms. The van der Waals surface area contributed by atoms with Crippen molar-refractivity contribution in [2.75, 3.05) is 6.61 Å². The average Bonchev–Trinajstić information content (AvgIpc) is 3.44. The number of amides is 2. The Morgan fingerprint density at radius 2 is 1.56 bits per heavy atom. The Labute approximate surface area is 199 Å². The molecule has 180 valence electrons. The van der Waals surface area contributed by atoms with E-state index in [9.17, 15) is 19.5 Å². The summed E-state index contributed by atoms with van der Waals surface area (Å²) in [6.07, 6.45) is 1.87. The van der Waals surface area contributed by atoms with Crippen LogP contribution in [0.25, 0.3) is 11.1 Å². The lowest BCUT2D eigenvalue weighted by Gasteiger charge is -2.29. The summed E-state index contributed by atoms with van der Waals surface area (Å²) in [7, 11) is 0. The van der Waals surface area contributed by atoms with Crippen LogP contribution in [0.4, 0.5) is 4.79 Å². The number of carbonyl (C=O) groups excluding carboxylic acids is 2. The molecule has 0 unspecified atom stereocenters. The van der Waals surface area contributed by atoms with Crippen molar-refractivity contribution >= 4 is 18.0 Å². The van der Waals surface area contributed by atoms with Gasteiger partial charge in [0.1, 0.15) is 12.1 Å². The first-order chi connectivity index (χ1) is 16.4. The highest BCUT2D eigenvalue weighted by Gasteiger charge is 2.40. The molecule has 0 radical (unpaired) electrons. The second kappa shape index (κ2) is 9.87. The maximum atomic E-state index is 12.7. The van der Waals surface area contributed by atoms with Gasteiger partial charge in [-0.25, -0.2) is 9.59 Å². The molecule has 2 aliphatic carbocycles. The number of hydrogen-bond acceptors (Lipinski definition) is 4. The van der Waals surface area contributed by atoms with Crippen molar-refractivity contribution in [2.24, 2.45) is 5.92 Å². The first-order valence-corrected chi connectivity index (χ1v) is 12.1. The summed E-state index contributed by atoms with van der Waals surface area (Å²) in [5, 5.41) is 15.2. The van der Waals surface area contributed by atoms with Gasteiger partial charge in [0, 0.05) is 17.9 Å². The van der Waals surface area contributed by atoms with Gasteiger partial charge in [-0.2, -0.15) is 0 Å². The minimum absolute atomic E-state index is 0.00696. The fraction of sp³-hybridized carbons (Fsp3) is 0.444. The van der Waals surface area contributed by atoms with E-state index >= 15 is 0 Å². The molecule has 3 N–H and O–H groups in total. The SMILES string of the molecule is CCC(CC)(NC(=O)[C@H]1CC[C@@H](NC(=O)OCC2c3ccccc3-c3ccccc32)C1)C(=O)O. The number of ether oxygens (including phenoxy) is 1. The number of hydrogen-bond donors (Lipinski definition) is 3. The van der Waals surface area contributed by atoms with Crippen LogP contribution in [0.3, 0.4) is 0 Å². The summed E-state index contributed by atoms with van der Waals surface area (Å²) in [6, 6.07) is 16.2. The normalized spacial score (nSPS) is 19.2. The highest BCUT2D eigenvalue weighted by atomic mass is 16.5. The standard InChI is InChI=1S/C27H32N2O5/c1-3-27(4-2,25(31)32)29-24(30)17-13-14-18(15-17)28-26(33)34-16-23-21-11-7-5-9-19(21)20-10-6-8-12-22(20)23/h5-12,17-18,23H,3-4,13-16H2,1-2H3,(H,28,33)(H,29,30)(H,31,32)/t17-,18+/m0/s1. The van der Waals surface area contributed by atoms with Gasteiger partial charge in [0.2, 0.25) is 5.91 Å². The van der Waals surface area contributed by atoms with Crippen molar-refractivity contribution in [3.05, 3.63) is 59.7 Å². The molecule has 2 aliphatic rings. The van der Waals surface area contributed by atoms with Crippen LogP contribution in [-0.4, -0.2) is 41.3 Å². The molecule has 2 amide bonds. The fourth-order valence-corrected chi connectivity index (χ4v) is 5.28. The molecule has 2 atom stereocenters. The lowest BCUT2D eigenvalue weighted by molar-refractivity contribution is -0.148. The van der Waals surface area contributed by atoms with Gasteiger partial charge in [-0.1, -0.05) is 62.4 Å². The number of alkyl carbamates (subject to hydrolysis) is 1. The van der Waals surface area contributed by atoms with Crippen LogP contribution in [-0.2, 0) is 14.3 Å². The van der Waals surface area contributed by atoms with E-state index in [1.165, 1.54) is 11.1 Å². The van der Waals surface area contributed by atoms with Gasteiger partial charge in [0.25, 0.3) is 0 Å². The number of rotatable bonds is 8. The molecule has 1 fully saturated rings. The van der Waals surface area contributed by atoms with Crippen LogP contribution < -0.4 is 10.6 Å². The highest BCUT2D eigenvalue weighted by Crippen LogP contribution is 2.44. The number of benzene rings is 2. The van der Waals surface area contributed by atoms with E-state index in [4.69, 9.17) is 4.74 Å². The van der Waals surface area contributed by atoms with Gasteiger partial charge < -0.3 is 20.5 Å². The lowest BCUT2D eigenvalue weighted by Crippen LogP contribution is -2.55. The maximum absolute atomic E-state index is 12.7. The zero-order valence-electron chi connectivity index (χ0n) is 19.7. The van der Waals surface area contributed by atoms with Gasteiger partial charge in [-0.15, -0.1) is 0 Å². The van der Waals surface area contributed by atoms with Crippen molar-refractivity contribution in [2.45, 2.75) is 63.5 Å². The highest BCUT2D eigenvalue weighted by molar-refractivity contribution is 5.88. The molecular formula is C27H32N2O5. The number of fused-ring (bicyclic) bond motifs is 3. The first-order valence-electron chi connectivity index (χ1n) is 12.1. The minimum Gasteiger partial charge on any atom is -0.480 e. The van der Waals surface area contributed by atoms with Gasteiger partial charge in [0.05, 0.1) is 0 Å². The van der Waals surface area contributed by atoms with Crippen LogP contribution in [0.2, 0.25) is 0 Å². The summed E-state index contributed by atoms with van der Waals surface area (Å²) in [4.78, 5) is 37.0. The molecule has 0 heterocycles. The number of carbonyl (C=O) groups is 3. The topological polar surface area (TPSA) is 105 Å². The summed E-state index contributed by atoms with van der Waals surface area (Å²) in [5.74, 6) is -1.61. The Kier molecular flexibility index (Phi) is 6.91. The van der Waals surface area contributed by atoms with Crippen LogP contribution in [0, 0.1) is 5.92 Å². The van der Waals surface area contributed by atoms with E-state index in [2.05, 4.69) is 34.9 Å². The zero-order valence-corrected chi connectivity index (χ0v) is 19.7. The maximum Gasteiger partial charge on any atom is 0.407 e. The van der Waals surface area contributed by atoms with Crippen LogP contribution >= 0.6 is 0 Å². The van der Waals surface area contributed by atoms with Crippen LogP contribution in [0.15, 0.2) is 48.5 Å². The van der Waals surface area contributed by atoms with E-state index in [-0.39, 0.29) is 30.4 Å². The summed E-state index contributed by atoms with van der Waals surface area (Å²) < 4.78 is 5.62. The van der Waals surface area contributed by atoms with E-state index in [1.54, 1.807) is 13.8 Å². The van der Waals surface area contributed by atoms with Gasteiger partial charge >= 0.3 is 12.1 Å². The summed E-state index contributed by atoms with van der Waals surface area (Å²) in [6.45, 7) is 3.76. The first kappa shape index (κ1) is 23.8. The molecule has 7 heteroatoms. The van der Waals surface area contributed by atoms with Crippen molar-refractivity contribution in [1.82, 2.24) is 10.6 Å². The number of aliphatic carboxylic acids is 1. The zero-order chi connectivity index (χ0) is 24.3. The molecule has 4 rings (SSSR count). The molecule has 0 saturated heterocycles. The Hall–Kier alpha value is -3.35. The Morgan fingerprint density at radius 3 is 2.12 bits per heavy atom. The Balaban J connectivity index is 1.31. The predicted molar refractivity (Wildman–Crippen MR) is 128 cm³/mol. The van der Waals surface area contributed by atoms with E-state index in [0.29, 0.717) is 32.1 Å². The monoisotopic (exact) mass is 464 g/mol. The van der Waals surface area contributed by atoms with Gasteiger partial charge in [0.15, 0.2) is 0 Å². The second-order valence-electron chi connectivity index (χ2n) is 9.26. The third-order valence-electron chi connectivity index (χ3n) is 7.45. The third-order valence-corrected chi connectivity index (χ3v) is 7.45. The van der Waals surface area contributed by atoms with Crippen LogP contribution in [0.1, 0.15) is 63.0 Å². The molecule has 2 aromatic carbocycles. The minimum atomic E-state index is -1.24. The van der Waals surface area contributed by atoms with E-state index in [1.807, 2.05) is 24.3 Å². The molecule has 34 heavy (non-hydrogen) atoms. The van der Waals surface area contributed by atoms with E-state index in [0.717, 1.165) is 11.1 Å². The summed E-state index contributed by atoms with van der Waals surface area (Å²) >= 11 is 0. The second-order valence-corrected chi connectivity index (χ2v) is 9.26. The van der Waals surface area contributed by atoms with Crippen molar-refractivity contribution in [3.63, 3.8) is 0 Å². The summed E-state index contributed by atoms with van der Waals surface area (Å²) in [5.41, 5.74) is 3.42.